The van der Waals surface area contributed by atoms with Gasteiger partial charge < -0.3 is 5.11 Å². The van der Waals surface area contributed by atoms with Gasteiger partial charge in [0.1, 0.15) is 0 Å². The molecule has 16 heavy (non-hydrogen) atoms. The third kappa shape index (κ3) is 2.63. The Hall–Kier alpha value is -0.860. The second-order valence-electron chi connectivity index (χ2n) is 5.12. The van der Waals surface area contributed by atoms with Gasteiger partial charge >= 0.3 is 0 Å². The van der Waals surface area contributed by atoms with Crippen molar-refractivity contribution in [3.8, 4) is 0 Å². The van der Waals surface area contributed by atoms with Crippen molar-refractivity contribution in [1.82, 2.24) is 4.90 Å². The van der Waals surface area contributed by atoms with Crippen molar-refractivity contribution in [1.29, 1.82) is 0 Å². The predicted octanol–water partition coefficient (Wildman–Crippen LogP) is 2.14. The van der Waals surface area contributed by atoms with Gasteiger partial charge in [-0.1, -0.05) is 44.2 Å². The lowest BCUT2D eigenvalue weighted by Crippen LogP contribution is -2.46. The Morgan fingerprint density at radius 3 is 2.25 bits per heavy atom. The van der Waals surface area contributed by atoms with Crippen LogP contribution in [0.1, 0.15) is 19.4 Å². The molecule has 1 aromatic rings. The highest BCUT2D eigenvalue weighted by Crippen LogP contribution is 2.23. The van der Waals surface area contributed by atoms with Gasteiger partial charge in [-0.05, 0) is 17.4 Å². The molecule has 0 bridgehead atoms. The fourth-order valence-electron chi connectivity index (χ4n) is 2.64. The molecule has 2 nitrogen and oxygen atoms in total. The lowest BCUT2D eigenvalue weighted by atomic mass is 9.88. The number of nitrogens with zero attached hydrogens (tertiary/aromatic N) is 1. The van der Waals surface area contributed by atoms with Crippen molar-refractivity contribution >= 4 is 0 Å². The standard InChI is InChI=1S/C14H21NO/c1-11-8-15(9-12(2)14(11)16)10-13-6-4-3-5-7-13/h3-7,11-12,14,16H,8-10H2,1-2H3/t11-,12+,14?. The zero-order valence-electron chi connectivity index (χ0n) is 10.1. The maximum atomic E-state index is 9.90. The van der Waals surface area contributed by atoms with Crippen LogP contribution in [0.4, 0.5) is 0 Å². The number of piperidine rings is 1. The summed E-state index contributed by atoms with van der Waals surface area (Å²) in [6.45, 7) is 7.28. The van der Waals surface area contributed by atoms with Crippen LogP contribution in [-0.2, 0) is 6.54 Å². The van der Waals surface area contributed by atoms with Crippen LogP contribution >= 0.6 is 0 Å². The fraction of sp³-hybridized carbons (Fsp3) is 0.571. The average molecular weight is 219 g/mol. The minimum absolute atomic E-state index is 0.132. The first-order valence-electron chi connectivity index (χ1n) is 6.11. The molecule has 2 rings (SSSR count). The molecule has 0 amide bonds. The van der Waals surface area contributed by atoms with Gasteiger partial charge in [0.05, 0.1) is 6.10 Å². The Labute approximate surface area is 97.9 Å². The SMILES string of the molecule is C[C@@H]1CN(Cc2ccccc2)C[C@H](C)C1O. The minimum Gasteiger partial charge on any atom is -0.392 e. The largest absolute Gasteiger partial charge is 0.392 e. The Morgan fingerprint density at radius 2 is 1.69 bits per heavy atom. The summed E-state index contributed by atoms with van der Waals surface area (Å²) in [5.41, 5.74) is 1.36. The van der Waals surface area contributed by atoms with E-state index in [2.05, 4.69) is 49.1 Å². The third-order valence-corrected chi connectivity index (χ3v) is 3.51. The molecule has 0 radical (unpaired) electrons. The van der Waals surface area contributed by atoms with E-state index in [0.717, 1.165) is 19.6 Å². The number of likely N-dealkylation sites (tertiary alicyclic amines) is 1. The molecule has 0 aromatic heterocycles. The molecule has 3 atom stereocenters. The van der Waals surface area contributed by atoms with Gasteiger partial charge in [0.2, 0.25) is 0 Å². The molecule has 1 unspecified atom stereocenters. The van der Waals surface area contributed by atoms with Gasteiger partial charge in [-0.25, -0.2) is 0 Å². The molecular formula is C14H21NO. The van der Waals surface area contributed by atoms with Gasteiger partial charge in [-0.2, -0.15) is 0 Å². The molecule has 88 valence electrons. The van der Waals surface area contributed by atoms with E-state index in [4.69, 9.17) is 0 Å². The van der Waals surface area contributed by atoms with E-state index in [0.29, 0.717) is 11.8 Å². The molecule has 0 spiro atoms. The summed E-state index contributed by atoms with van der Waals surface area (Å²) in [4.78, 5) is 2.44. The smallest absolute Gasteiger partial charge is 0.0615 e. The highest BCUT2D eigenvalue weighted by molar-refractivity contribution is 5.14. The van der Waals surface area contributed by atoms with E-state index in [1.165, 1.54) is 5.56 Å². The molecule has 1 aliphatic rings. The van der Waals surface area contributed by atoms with Gasteiger partial charge in [-0.15, -0.1) is 0 Å². The predicted molar refractivity (Wildman–Crippen MR) is 66.1 cm³/mol. The second kappa shape index (κ2) is 4.98. The first-order chi connectivity index (χ1) is 7.66. The zero-order chi connectivity index (χ0) is 11.5. The number of hydrogen-bond acceptors (Lipinski definition) is 2. The summed E-state index contributed by atoms with van der Waals surface area (Å²) < 4.78 is 0. The molecular weight excluding hydrogens is 198 g/mol. The molecule has 1 aromatic carbocycles. The molecule has 1 N–H and O–H groups in total. The summed E-state index contributed by atoms with van der Waals surface area (Å²) in [6, 6.07) is 10.6. The van der Waals surface area contributed by atoms with Crippen LogP contribution in [0.15, 0.2) is 30.3 Å². The molecule has 1 saturated heterocycles. The van der Waals surface area contributed by atoms with Crippen molar-refractivity contribution in [2.75, 3.05) is 13.1 Å². The first-order valence-corrected chi connectivity index (χ1v) is 6.11. The first kappa shape index (κ1) is 11.6. The number of aliphatic hydroxyl groups is 1. The van der Waals surface area contributed by atoms with Crippen LogP contribution in [0.5, 0.6) is 0 Å². The highest BCUT2D eigenvalue weighted by atomic mass is 16.3. The van der Waals surface area contributed by atoms with Crippen molar-refractivity contribution in [3.05, 3.63) is 35.9 Å². The van der Waals surface area contributed by atoms with Crippen molar-refractivity contribution in [2.45, 2.75) is 26.5 Å². The van der Waals surface area contributed by atoms with E-state index in [1.807, 2.05) is 0 Å². The topological polar surface area (TPSA) is 23.5 Å². The van der Waals surface area contributed by atoms with E-state index in [-0.39, 0.29) is 6.10 Å². The molecule has 0 aliphatic carbocycles. The maximum absolute atomic E-state index is 9.90. The Bertz CT molecular complexity index is 313. The lowest BCUT2D eigenvalue weighted by Gasteiger charge is -2.38. The lowest BCUT2D eigenvalue weighted by molar-refractivity contribution is -0.0107. The highest BCUT2D eigenvalue weighted by Gasteiger charge is 2.29. The normalized spacial score (nSPS) is 31.6. The molecule has 1 aliphatic heterocycles. The van der Waals surface area contributed by atoms with Crippen LogP contribution in [-0.4, -0.2) is 29.2 Å². The third-order valence-electron chi connectivity index (χ3n) is 3.51. The molecule has 1 fully saturated rings. The van der Waals surface area contributed by atoms with Crippen LogP contribution in [0.25, 0.3) is 0 Å². The van der Waals surface area contributed by atoms with Crippen LogP contribution in [0.2, 0.25) is 0 Å². The second-order valence-corrected chi connectivity index (χ2v) is 5.12. The van der Waals surface area contributed by atoms with E-state index in [9.17, 15) is 5.11 Å². The fourth-order valence-corrected chi connectivity index (χ4v) is 2.64. The number of hydrogen-bond donors (Lipinski definition) is 1. The van der Waals surface area contributed by atoms with Gasteiger partial charge in [0.25, 0.3) is 0 Å². The average Bonchev–Trinajstić information content (AvgIpc) is 2.27. The van der Waals surface area contributed by atoms with E-state index >= 15 is 0 Å². The molecule has 2 heteroatoms. The van der Waals surface area contributed by atoms with E-state index < -0.39 is 0 Å². The summed E-state index contributed by atoms with van der Waals surface area (Å²) in [7, 11) is 0. The number of rotatable bonds is 2. The number of benzene rings is 1. The Morgan fingerprint density at radius 1 is 1.12 bits per heavy atom. The van der Waals surface area contributed by atoms with Crippen molar-refractivity contribution in [2.24, 2.45) is 11.8 Å². The summed E-state index contributed by atoms with van der Waals surface area (Å²) in [5, 5.41) is 9.90. The summed E-state index contributed by atoms with van der Waals surface area (Å²) in [5.74, 6) is 0.764. The Kier molecular flexibility index (Phi) is 3.62. The Balaban J connectivity index is 1.97. The quantitative estimate of drug-likeness (QED) is 0.823. The molecule has 1 heterocycles. The monoisotopic (exact) mass is 219 g/mol. The molecule has 0 saturated carbocycles. The van der Waals surface area contributed by atoms with Crippen LogP contribution in [0, 0.1) is 11.8 Å². The number of aliphatic hydroxyl groups excluding tert-OH is 1. The van der Waals surface area contributed by atoms with Crippen LogP contribution < -0.4 is 0 Å². The minimum atomic E-state index is -0.132. The van der Waals surface area contributed by atoms with Gasteiger partial charge in [0.15, 0.2) is 0 Å². The van der Waals surface area contributed by atoms with Crippen molar-refractivity contribution < 1.29 is 5.11 Å². The maximum Gasteiger partial charge on any atom is 0.0615 e. The van der Waals surface area contributed by atoms with Gasteiger partial charge in [0, 0.05) is 19.6 Å². The van der Waals surface area contributed by atoms with E-state index in [1.54, 1.807) is 0 Å². The summed E-state index contributed by atoms with van der Waals surface area (Å²) >= 11 is 0. The summed E-state index contributed by atoms with van der Waals surface area (Å²) in [6.07, 6.45) is -0.132. The zero-order valence-corrected chi connectivity index (χ0v) is 10.1. The van der Waals surface area contributed by atoms with Crippen LogP contribution in [0.3, 0.4) is 0 Å². The van der Waals surface area contributed by atoms with Crippen molar-refractivity contribution in [3.63, 3.8) is 0 Å². The van der Waals surface area contributed by atoms with Gasteiger partial charge in [-0.3, -0.25) is 4.90 Å².